The molecule has 130 valence electrons. The Morgan fingerprint density at radius 1 is 0.917 bits per heavy atom. The molecule has 24 heavy (non-hydrogen) atoms. The number of rotatable bonds is 8. The van der Waals surface area contributed by atoms with Crippen LogP contribution in [0.5, 0.6) is 17.2 Å². The molecule has 0 spiro atoms. The van der Waals surface area contributed by atoms with E-state index in [0.29, 0.717) is 36.1 Å². The quantitative estimate of drug-likeness (QED) is 0.790. The van der Waals surface area contributed by atoms with E-state index in [1.807, 2.05) is 13.8 Å². The van der Waals surface area contributed by atoms with Crippen molar-refractivity contribution in [2.24, 2.45) is 0 Å². The maximum atomic E-state index is 12.5. The van der Waals surface area contributed by atoms with Gasteiger partial charge in [0.2, 0.25) is 0 Å². The SMILES string of the molecule is CCOc1ccc(NS(=O)(=O)c2ccc(OC)cc2)cc1OCC. The molecule has 0 aliphatic heterocycles. The summed E-state index contributed by atoms with van der Waals surface area (Å²) in [6, 6.07) is 11.1. The normalized spacial score (nSPS) is 11.0. The molecule has 0 saturated carbocycles. The summed E-state index contributed by atoms with van der Waals surface area (Å²) in [7, 11) is -2.17. The summed E-state index contributed by atoms with van der Waals surface area (Å²) in [4.78, 5) is 0.148. The summed E-state index contributed by atoms with van der Waals surface area (Å²) in [6.07, 6.45) is 0. The third kappa shape index (κ3) is 4.32. The zero-order valence-electron chi connectivity index (χ0n) is 13.9. The summed E-state index contributed by atoms with van der Waals surface area (Å²) in [5.74, 6) is 1.66. The van der Waals surface area contributed by atoms with Gasteiger partial charge in [0.1, 0.15) is 5.75 Å². The third-order valence-electron chi connectivity index (χ3n) is 3.17. The lowest BCUT2D eigenvalue weighted by atomic mass is 10.3. The summed E-state index contributed by atoms with van der Waals surface area (Å²) in [5, 5.41) is 0. The Labute approximate surface area is 142 Å². The number of benzene rings is 2. The van der Waals surface area contributed by atoms with E-state index in [9.17, 15) is 8.42 Å². The van der Waals surface area contributed by atoms with Crippen molar-refractivity contribution in [2.75, 3.05) is 25.0 Å². The first-order chi connectivity index (χ1) is 11.5. The summed E-state index contributed by atoms with van der Waals surface area (Å²) in [6.45, 7) is 4.67. The van der Waals surface area contributed by atoms with Crippen molar-refractivity contribution in [3.05, 3.63) is 42.5 Å². The van der Waals surface area contributed by atoms with Crippen LogP contribution in [0.15, 0.2) is 47.4 Å². The highest BCUT2D eigenvalue weighted by molar-refractivity contribution is 7.92. The summed E-state index contributed by atoms with van der Waals surface area (Å²) >= 11 is 0. The van der Waals surface area contributed by atoms with Crippen LogP contribution in [0.1, 0.15) is 13.8 Å². The summed E-state index contributed by atoms with van der Waals surface area (Å²) in [5.41, 5.74) is 0.401. The minimum absolute atomic E-state index is 0.148. The van der Waals surface area contributed by atoms with E-state index in [0.717, 1.165) is 0 Å². The van der Waals surface area contributed by atoms with E-state index in [2.05, 4.69) is 4.72 Å². The maximum absolute atomic E-state index is 12.5. The third-order valence-corrected chi connectivity index (χ3v) is 4.56. The second-order valence-corrected chi connectivity index (χ2v) is 6.49. The van der Waals surface area contributed by atoms with Gasteiger partial charge < -0.3 is 14.2 Å². The average molecular weight is 351 g/mol. The van der Waals surface area contributed by atoms with Gasteiger partial charge in [-0.1, -0.05) is 0 Å². The van der Waals surface area contributed by atoms with E-state index in [-0.39, 0.29) is 4.90 Å². The van der Waals surface area contributed by atoms with Crippen molar-refractivity contribution >= 4 is 15.7 Å². The van der Waals surface area contributed by atoms with E-state index in [4.69, 9.17) is 14.2 Å². The monoisotopic (exact) mass is 351 g/mol. The zero-order chi connectivity index (χ0) is 17.6. The lowest BCUT2D eigenvalue weighted by Crippen LogP contribution is -2.13. The van der Waals surface area contributed by atoms with Gasteiger partial charge in [-0.3, -0.25) is 4.72 Å². The van der Waals surface area contributed by atoms with Crippen LogP contribution in [0.25, 0.3) is 0 Å². The van der Waals surface area contributed by atoms with Crippen LogP contribution in [0, 0.1) is 0 Å². The summed E-state index contributed by atoms with van der Waals surface area (Å²) < 4.78 is 43.5. The fourth-order valence-corrected chi connectivity index (χ4v) is 3.13. The van der Waals surface area contributed by atoms with Gasteiger partial charge in [0.05, 0.1) is 30.9 Å². The minimum atomic E-state index is -3.70. The van der Waals surface area contributed by atoms with Crippen molar-refractivity contribution < 1.29 is 22.6 Å². The molecule has 0 aliphatic rings. The van der Waals surface area contributed by atoms with Gasteiger partial charge >= 0.3 is 0 Å². The first-order valence-corrected chi connectivity index (χ1v) is 9.05. The lowest BCUT2D eigenvalue weighted by molar-refractivity contribution is 0.288. The fraction of sp³-hybridized carbons (Fsp3) is 0.294. The number of ether oxygens (including phenoxy) is 3. The van der Waals surface area contributed by atoms with Crippen LogP contribution in [0.4, 0.5) is 5.69 Å². The van der Waals surface area contributed by atoms with Crippen LogP contribution in [-0.2, 0) is 10.0 Å². The molecule has 0 fully saturated rings. The van der Waals surface area contributed by atoms with Crippen LogP contribution in [-0.4, -0.2) is 28.7 Å². The molecule has 6 nitrogen and oxygen atoms in total. The molecular formula is C17H21NO5S. The Kier molecular flexibility index (Phi) is 5.92. The second kappa shape index (κ2) is 7.92. The molecule has 0 aromatic heterocycles. The Balaban J connectivity index is 2.26. The highest BCUT2D eigenvalue weighted by Gasteiger charge is 2.16. The van der Waals surface area contributed by atoms with E-state index >= 15 is 0 Å². The van der Waals surface area contributed by atoms with E-state index < -0.39 is 10.0 Å². The highest BCUT2D eigenvalue weighted by atomic mass is 32.2. The predicted molar refractivity (Wildman–Crippen MR) is 92.6 cm³/mol. The topological polar surface area (TPSA) is 73.9 Å². The first kappa shape index (κ1) is 17.9. The van der Waals surface area contributed by atoms with Crippen LogP contribution in [0.3, 0.4) is 0 Å². The number of anilines is 1. The van der Waals surface area contributed by atoms with Gasteiger partial charge in [0.25, 0.3) is 10.0 Å². The standard InChI is InChI=1S/C17H21NO5S/c1-4-22-16-11-6-13(12-17(16)23-5-2)18-24(19,20)15-9-7-14(21-3)8-10-15/h6-12,18H,4-5H2,1-3H3. The van der Waals surface area contributed by atoms with Crippen molar-refractivity contribution in [3.63, 3.8) is 0 Å². The molecule has 2 aromatic carbocycles. The highest BCUT2D eigenvalue weighted by Crippen LogP contribution is 2.31. The van der Waals surface area contributed by atoms with E-state index in [1.165, 1.54) is 19.2 Å². The molecule has 0 radical (unpaired) electrons. The first-order valence-electron chi connectivity index (χ1n) is 7.56. The van der Waals surface area contributed by atoms with Crippen LogP contribution >= 0.6 is 0 Å². The molecular weight excluding hydrogens is 330 g/mol. The van der Waals surface area contributed by atoms with Crippen molar-refractivity contribution in [1.29, 1.82) is 0 Å². The maximum Gasteiger partial charge on any atom is 0.261 e. The molecule has 2 rings (SSSR count). The molecule has 0 amide bonds. The molecule has 0 aliphatic carbocycles. The molecule has 2 aromatic rings. The van der Waals surface area contributed by atoms with Gasteiger partial charge in [-0.2, -0.15) is 0 Å². The van der Waals surface area contributed by atoms with Gasteiger partial charge in [0, 0.05) is 6.07 Å². The molecule has 7 heteroatoms. The number of methoxy groups -OCH3 is 1. The molecule has 0 heterocycles. The molecule has 0 atom stereocenters. The Hall–Kier alpha value is -2.41. The number of hydrogen-bond donors (Lipinski definition) is 1. The Morgan fingerprint density at radius 3 is 2.12 bits per heavy atom. The van der Waals surface area contributed by atoms with E-state index in [1.54, 1.807) is 30.3 Å². The minimum Gasteiger partial charge on any atom is -0.497 e. The number of hydrogen-bond acceptors (Lipinski definition) is 5. The van der Waals surface area contributed by atoms with Gasteiger partial charge in [0.15, 0.2) is 11.5 Å². The van der Waals surface area contributed by atoms with Crippen molar-refractivity contribution in [2.45, 2.75) is 18.7 Å². The van der Waals surface area contributed by atoms with Crippen molar-refractivity contribution in [3.8, 4) is 17.2 Å². The molecule has 0 saturated heterocycles. The zero-order valence-corrected chi connectivity index (χ0v) is 14.7. The van der Waals surface area contributed by atoms with Gasteiger partial charge in [-0.25, -0.2) is 8.42 Å². The van der Waals surface area contributed by atoms with Crippen molar-refractivity contribution in [1.82, 2.24) is 0 Å². The Morgan fingerprint density at radius 2 is 1.54 bits per heavy atom. The van der Waals surface area contributed by atoms with Gasteiger partial charge in [-0.05, 0) is 50.2 Å². The number of sulfonamides is 1. The Bertz CT molecular complexity index is 772. The molecule has 1 N–H and O–H groups in total. The second-order valence-electron chi connectivity index (χ2n) is 4.81. The number of nitrogens with one attached hydrogen (secondary N) is 1. The largest absolute Gasteiger partial charge is 0.497 e. The van der Waals surface area contributed by atoms with Crippen LogP contribution < -0.4 is 18.9 Å². The smallest absolute Gasteiger partial charge is 0.261 e. The lowest BCUT2D eigenvalue weighted by Gasteiger charge is -2.14. The molecule has 0 bridgehead atoms. The predicted octanol–water partition coefficient (Wildman–Crippen LogP) is 3.29. The average Bonchev–Trinajstić information content (AvgIpc) is 2.57. The van der Waals surface area contributed by atoms with Crippen LogP contribution in [0.2, 0.25) is 0 Å². The van der Waals surface area contributed by atoms with Gasteiger partial charge in [-0.15, -0.1) is 0 Å². The fourth-order valence-electron chi connectivity index (χ4n) is 2.08. The molecule has 0 unspecified atom stereocenters.